The lowest BCUT2D eigenvalue weighted by atomic mass is 10.2. The van der Waals surface area contributed by atoms with Gasteiger partial charge >= 0.3 is 0 Å². The second-order valence-electron chi connectivity index (χ2n) is 6.62. The van der Waals surface area contributed by atoms with Crippen LogP contribution in [0.2, 0.25) is 5.02 Å². The van der Waals surface area contributed by atoms with Crippen molar-refractivity contribution in [3.8, 4) is 5.75 Å². The fourth-order valence-electron chi connectivity index (χ4n) is 3.13. The van der Waals surface area contributed by atoms with E-state index in [1.165, 1.54) is 34.9 Å². The molecule has 1 aliphatic rings. The number of sulfonamides is 1. The van der Waals surface area contributed by atoms with Gasteiger partial charge in [0.1, 0.15) is 5.75 Å². The number of fused-ring (bicyclic) bond motifs is 1. The Kier molecular flexibility index (Phi) is 5.79. The summed E-state index contributed by atoms with van der Waals surface area (Å²) >= 11 is 7.22. The maximum Gasteiger partial charge on any atom is 0.257 e. The number of benzene rings is 2. The van der Waals surface area contributed by atoms with Gasteiger partial charge in [-0.3, -0.25) is 10.1 Å². The average molecular weight is 464 g/mol. The summed E-state index contributed by atoms with van der Waals surface area (Å²) in [6, 6.07) is 13.0. The normalized spacial score (nSPS) is 14.2. The fraction of sp³-hybridized carbons (Fsp3) is 0.200. The zero-order valence-corrected chi connectivity index (χ0v) is 18.4. The van der Waals surface area contributed by atoms with Crippen LogP contribution in [0.4, 0.5) is 5.13 Å². The molecule has 0 bridgehead atoms. The van der Waals surface area contributed by atoms with E-state index in [2.05, 4.69) is 10.3 Å². The van der Waals surface area contributed by atoms with Crippen LogP contribution in [0.25, 0.3) is 0 Å². The zero-order chi connectivity index (χ0) is 21.3. The van der Waals surface area contributed by atoms with Gasteiger partial charge in [0.2, 0.25) is 10.0 Å². The van der Waals surface area contributed by atoms with E-state index in [9.17, 15) is 13.2 Å². The highest BCUT2D eigenvalue weighted by atomic mass is 35.5. The van der Waals surface area contributed by atoms with Crippen molar-refractivity contribution < 1.29 is 17.9 Å². The van der Waals surface area contributed by atoms with Gasteiger partial charge in [0, 0.05) is 28.4 Å². The molecule has 0 aliphatic carbocycles. The molecular formula is C20H18ClN3O4S2. The van der Waals surface area contributed by atoms with Gasteiger partial charge in [-0.25, -0.2) is 13.4 Å². The molecule has 1 aliphatic heterocycles. The largest absolute Gasteiger partial charge is 0.497 e. The zero-order valence-electron chi connectivity index (χ0n) is 16.0. The van der Waals surface area contributed by atoms with Gasteiger partial charge < -0.3 is 4.74 Å². The molecule has 0 unspecified atom stereocenters. The van der Waals surface area contributed by atoms with Gasteiger partial charge in [0.05, 0.1) is 24.2 Å². The van der Waals surface area contributed by atoms with Crippen molar-refractivity contribution in [2.75, 3.05) is 19.0 Å². The van der Waals surface area contributed by atoms with Crippen molar-refractivity contribution in [1.82, 2.24) is 9.29 Å². The van der Waals surface area contributed by atoms with Crippen molar-refractivity contribution in [1.29, 1.82) is 0 Å². The van der Waals surface area contributed by atoms with Crippen LogP contribution < -0.4 is 10.1 Å². The fourth-order valence-corrected chi connectivity index (χ4v) is 5.83. The number of hydrogen-bond acceptors (Lipinski definition) is 6. The molecule has 4 rings (SSSR count). The predicted molar refractivity (Wildman–Crippen MR) is 116 cm³/mol. The average Bonchev–Trinajstić information content (AvgIpc) is 3.15. The number of methoxy groups -OCH3 is 1. The highest BCUT2D eigenvalue weighted by molar-refractivity contribution is 7.89. The lowest BCUT2D eigenvalue weighted by Gasteiger charge is -2.25. The molecule has 0 fully saturated rings. The van der Waals surface area contributed by atoms with Crippen molar-refractivity contribution in [2.24, 2.45) is 0 Å². The Labute approximate surface area is 183 Å². The van der Waals surface area contributed by atoms with Gasteiger partial charge in [0.15, 0.2) is 5.13 Å². The van der Waals surface area contributed by atoms with Gasteiger partial charge in [-0.2, -0.15) is 4.31 Å². The summed E-state index contributed by atoms with van der Waals surface area (Å²) in [4.78, 5) is 17.9. The number of carbonyl (C=O) groups excluding carboxylic acids is 1. The minimum Gasteiger partial charge on any atom is -0.497 e. The molecule has 1 N–H and O–H groups in total. The molecule has 2 heterocycles. The molecule has 0 saturated heterocycles. The molecule has 1 aromatic heterocycles. The third-order valence-electron chi connectivity index (χ3n) is 4.70. The first-order valence-corrected chi connectivity index (χ1v) is 11.7. The second-order valence-corrected chi connectivity index (χ2v) is 10.1. The van der Waals surface area contributed by atoms with Crippen LogP contribution in [-0.2, 0) is 23.0 Å². The Hall–Kier alpha value is -2.46. The maximum absolute atomic E-state index is 13.0. The summed E-state index contributed by atoms with van der Waals surface area (Å²) in [7, 11) is -2.11. The predicted octanol–water partition coefficient (Wildman–Crippen LogP) is 3.80. The molecule has 2 aromatic carbocycles. The first-order chi connectivity index (χ1) is 14.4. The molecule has 156 valence electrons. The topological polar surface area (TPSA) is 88.6 Å². The molecule has 10 heteroatoms. The van der Waals surface area contributed by atoms with E-state index in [-0.39, 0.29) is 17.3 Å². The molecule has 0 radical (unpaired) electrons. The van der Waals surface area contributed by atoms with Gasteiger partial charge in [-0.15, -0.1) is 11.3 Å². The van der Waals surface area contributed by atoms with E-state index in [0.29, 0.717) is 34.4 Å². The lowest BCUT2D eigenvalue weighted by molar-refractivity contribution is 0.102. The van der Waals surface area contributed by atoms with Crippen molar-refractivity contribution in [3.05, 3.63) is 69.7 Å². The number of anilines is 1. The first-order valence-electron chi connectivity index (χ1n) is 9.06. The Morgan fingerprint density at radius 1 is 1.23 bits per heavy atom. The summed E-state index contributed by atoms with van der Waals surface area (Å²) in [5, 5.41) is 3.68. The number of aromatic nitrogens is 1. The van der Waals surface area contributed by atoms with E-state index in [4.69, 9.17) is 16.3 Å². The van der Waals surface area contributed by atoms with Crippen LogP contribution in [0, 0.1) is 0 Å². The maximum atomic E-state index is 13.0. The Balaban J connectivity index is 1.50. The number of ether oxygens (including phenoxy) is 1. The highest BCUT2D eigenvalue weighted by Crippen LogP contribution is 2.31. The number of nitrogens with zero attached hydrogens (tertiary/aromatic N) is 2. The van der Waals surface area contributed by atoms with Gasteiger partial charge in [-0.05, 0) is 42.5 Å². The number of amides is 1. The number of carbonyl (C=O) groups is 1. The third-order valence-corrected chi connectivity index (χ3v) is 7.79. The number of thiazole rings is 1. The minimum absolute atomic E-state index is 0.214. The third kappa shape index (κ3) is 4.20. The van der Waals surface area contributed by atoms with Gasteiger partial charge in [0.25, 0.3) is 5.91 Å². The molecule has 30 heavy (non-hydrogen) atoms. The lowest BCUT2D eigenvalue weighted by Crippen LogP contribution is -2.35. The highest BCUT2D eigenvalue weighted by Gasteiger charge is 2.30. The van der Waals surface area contributed by atoms with Crippen LogP contribution in [0.15, 0.2) is 53.4 Å². The quantitative estimate of drug-likeness (QED) is 0.621. The van der Waals surface area contributed by atoms with Crippen LogP contribution in [0.3, 0.4) is 0 Å². The summed E-state index contributed by atoms with van der Waals surface area (Å²) < 4.78 is 32.5. The molecule has 7 nitrogen and oxygen atoms in total. The van der Waals surface area contributed by atoms with E-state index in [0.717, 1.165) is 10.6 Å². The monoisotopic (exact) mass is 463 g/mol. The summed E-state index contributed by atoms with van der Waals surface area (Å²) in [5.74, 6) is 0.281. The standard InChI is InChI=1S/C20H18ClN3O4S2/c1-28-15-5-7-16(8-6-15)30(26,27)24-10-9-17-18(12-24)29-20(22-17)23-19(25)13-3-2-4-14(21)11-13/h2-8,11H,9-10,12H2,1H3,(H,22,23,25). The Morgan fingerprint density at radius 2 is 2.00 bits per heavy atom. The van der Waals surface area contributed by atoms with Crippen LogP contribution in [0.5, 0.6) is 5.75 Å². The Bertz CT molecular complexity index is 1190. The minimum atomic E-state index is -3.64. The van der Waals surface area contributed by atoms with Crippen LogP contribution in [0.1, 0.15) is 20.9 Å². The molecule has 0 atom stereocenters. The summed E-state index contributed by atoms with van der Waals surface area (Å²) in [6.07, 6.45) is 0.480. The first kappa shape index (κ1) is 20.8. The summed E-state index contributed by atoms with van der Waals surface area (Å²) in [6.45, 7) is 0.543. The van der Waals surface area contributed by atoms with Gasteiger partial charge in [-0.1, -0.05) is 17.7 Å². The SMILES string of the molecule is COc1ccc(S(=O)(=O)N2CCc3nc(NC(=O)c4cccc(Cl)c4)sc3C2)cc1. The van der Waals surface area contributed by atoms with Crippen LogP contribution in [-0.4, -0.2) is 37.3 Å². The van der Waals surface area contributed by atoms with E-state index < -0.39 is 10.0 Å². The molecule has 3 aromatic rings. The smallest absolute Gasteiger partial charge is 0.257 e. The molecular weight excluding hydrogens is 446 g/mol. The number of rotatable bonds is 5. The number of halogens is 1. The van der Waals surface area contributed by atoms with E-state index >= 15 is 0 Å². The molecule has 0 saturated carbocycles. The van der Waals surface area contributed by atoms with E-state index in [1.54, 1.807) is 36.4 Å². The molecule has 1 amide bonds. The van der Waals surface area contributed by atoms with Crippen molar-refractivity contribution in [2.45, 2.75) is 17.9 Å². The summed E-state index contributed by atoms with van der Waals surface area (Å²) in [5.41, 5.74) is 1.24. The Morgan fingerprint density at radius 3 is 2.70 bits per heavy atom. The number of nitrogens with one attached hydrogen (secondary N) is 1. The van der Waals surface area contributed by atoms with E-state index in [1.807, 2.05) is 0 Å². The van der Waals surface area contributed by atoms with Crippen molar-refractivity contribution >= 4 is 44.0 Å². The second kappa shape index (κ2) is 8.35. The molecule has 0 spiro atoms. The van der Waals surface area contributed by atoms with Crippen molar-refractivity contribution in [3.63, 3.8) is 0 Å². The number of hydrogen-bond donors (Lipinski definition) is 1. The van der Waals surface area contributed by atoms with Crippen LogP contribution >= 0.6 is 22.9 Å².